The van der Waals surface area contributed by atoms with Crippen molar-refractivity contribution in [2.75, 3.05) is 11.9 Å². The van der Waals surface area contributed by atoms with Crippen molar-refractivity contribution in [3.63, 3.8) is 0 Å². The van der Waals surface area contributed by atoms with E-state index >= 15 is 0 Å². The normalized spacial score (nSPS) is 14.4. The molecule has 2 aliphatic heterocycles. The number of hydrogen-bond donors (Lipinski definition) is 4. The Balaban J connectivity index is 1.55. The Morgan fingerprint density at radius 3 is 2.24 bits per heavy atom. The first-order valence-corrected chi connectivity index (χ1v) is 11.6. The van der Waals surface area contributed by atoms with Crippen molar-refractivity contribution in [3.8, 4) is 23.0 Å². The summed E-state index contributed by atoms with van der Waals surface area (Å²) in [5, 5.41) is 26.8. The number of fused-ring (bicyclic) bond motifs is 6. The number of phenols is 2. The van der Waals surface area contributed by atoms with Crippen molar-refractivity contribution in [1.82, 2.24) is 5.32 Å². The standard InChI is InChI=1S/C26H24N2O5S/c1-2-3-4-11-27-25(34)28-15-5-8-19-18(12-15)24(31)33-26(19)20-9-6-16(29)13-22(20)32-23-14-17(30)7-10-21(23)26/h5-10,12-14,29-30H,2-4,11H2,1H3,(H2,27,28,34). The quantitative estimate of drug-likeness (QED) is 0.228. The fourth-order valence-electron chi connectivity index (χ4n) is 4.54. The number of phenolic OH excluding ortho intramolecular Hbond substituents is 2. The van der Waals surface area contributed by atoms with E-state index in [9.17, 15) is 15.0 Å². The van der Waals surface area contributed by atoms with Crippen molar-refractivity contribution in [1.29, 1.82) is 0 Å². The van der Waals surface area contributed by atoms with E-state index in [1.165, 1.54) is 24.3 Å². The summed E-state index contributed by atoms with van der Waals surface area (Å²) in [7, 11) is 0. The average Bonchev–Trinajstić information content (AvgIpc) is 3.08. The number of carbonyl (C=O) groups excluding carboxylic acids is 1. The lowest BCUT2D eigenvalue weighted by atomic mass is 9.77. The number of benzene rings is 3. The molecule has 3 aromatic carbocycles. The highest BCUT2D eigenvalue weighted by Crippen LogP contribution is 2.57. The molecule has 3 aromatic rings. The van der Waals surface area contributed by atoms with Gasteiger partial charge in [0, 0.05) is 41.1 Å². The Kier molecular flexibility index (Phi) is 5.53. The maximum atomic E-state index is 13.1. The third-order valence-corrected chi connectivity index (χ3v) is 6.34. The fraction of sp³-hybridized carbons (Fsp3) is 0.231. The third kappa shape index (κ3) is 3.60. The summed E-state index contributed by atoms with van der Waals surface area (Å²) in [6.07, 6.45) is 3.29. The summed E-state index contributed by atoms with van der Waals surface area (Å²) < 4.78 is 12.0. The van der Waals surface area contributed by atoms with Crippen LogP contribution in [-0.4, -0.2) is 27.8 Å². The van der Waals surface area contributed by atoms with Gasteiger partial charge in [-0.05, 0) is 55.0 Å². The Bertz CT molecular complexity index is 1250. The number of esters is 1. The van der Waals surface area contributed by atoms with Gasteiger partial charge in [0.25, 0.3) is 0 Å². The second-order valence-corrected chi connectivity index (χ2v) is 8.79. The topological polar surface area (TPSA) is 100 Å². The molecule has 174 valence electrons. The summed E-state index contributed by atoms with van der Waals surface area (Å²) in [6, 6.07) is 14.8. The summed E-state index contributed by atoms with van der Waals surface area (Å²) in [5.41, 5.74) is 1.62. The van der Waals surface area contributed by atoms with Gasteiger partial charge in [0.1, 0.15) is 23.0 Å². The van der Waals surface area contributed by atoms with Crippen molar-refractivity contribution < 1.29 is 24.5 Å². The first-order valence-electron chi connectivity index (χ1n) is 11.2. The van der Waals surface area contributed by atoms with Crippen LogP contribution < -0.4 is 15.4 Å². The molecule has 0 saturated carbocycles. The first-order chi connectivity index (χ1) is 16.4. The number of ether oxygens (including phenoxy) is 2. The molecule has 4 N–H and O–H groups in total. The number of anilines is 1. The lowest BCUT2D eigenvalue weighted by Gasteiger charge is -2.36. The fourth-order valence-corrected chi connectivity index (χ4v) is 4.76. The van der Waals surface area contributed by atoms with Crippen LogP contribution in [-0.2, 0) is 10.3 Å². The SMILES string of the molecule is CCCCCNC(=S)Nc1ccc2c(c1)C(=O)OC21c2ccc(O)cc2Oc2cc(O)ccc21. The molecular formula is C26H24N2O5S. The zero-order valence-electron chi connectivity index (χ0n) is 18.6. The van der Waals surface area contributed by atoms with Crippen LogP contribution in [0.4, 0.5) is 5.69 Å². The second kappa shape index (κ2) is 8.53. The zero-order valence-corrected chi connectivity index (χ0v) is 19.4. The lowest BCUT2D eigenvalue weighted by Crippen LogP contribution is -2.33. The third-order valence-electron chi connectivity index (χ3n) is 6.10. The Hall–Kier alpha value is -3.78. The minimum absolute atomic E-state index is 0.0153. The molecule has 0 amide bonds. The molecule has 34 heavy (non-hydrogen) atoms. The van der Waals surface area contributed by atoms with Gasteiger partial charge in [-0.2, -0.15) is 0 Å². The van der Waals surface area contributed by atoms with Crippen LogP contribution in [0.1, 0.15) is 53.2 Å². The molecule has 0 fully saturated rings. The van der Waals surface area contributed by atoms with Crippen LogP contribution in [0.2, 0.25) is 0 Å². The molecule has 1 spiro atoms. The molecular weight excluding hydrogens is 452 g/mol. The average molecular weight is 477 g/mol. The maximum Gasteiger partial charge on any atom is 0.340 e. The number of hydrogen-bond acceptors (Lipinski definition) is 6. The van der Waals surface area contributed by atoms with E-state index in [0.717, 1.165) is 25.8 Å². The van der Waals surface area contributed by atoms with Crippen molar-refractivity contribution in [2.24, 2.45) is 0 Å². The van der Waals surface area contributed by atoms with E-state index in [1.807, 2.05) is 12.1 Å². The molecule has 0 bridgehead atoms. The molecule has 0 atom stereocenters. The summed E-state index contributed by atoms with van der Waals surface area (Å²) >= 11 is 5.39. The van der Waals surface area contributed by atoms with E-state index in [1.54, 1.807) is 18.2 Å². The van der Waals surface area contributed by atoms with Crippen LogP contribution in [0, 0.1) is 0 Å². The van der Waals surface area contributed by atoms with Gasteiger partial charge in [0.05, 0.1) is 5.56 Å². The van der Waals surface area contributed by atoms with Crippen molar-refractivity contribution in [3.05, 3.63) is 76.9 Å². The smallest absolute Gasteiger partial charge is 0.340 e. The first kappa shape index (κ1) is 22.0. The molecule has 0 aromatic heterocycles. The highest BCUT2D eigenvalue weighted by Gasteiger charge is 2.53. The number of rotatable bonds is 5. The molecule has 0 unspecified atom stereocenters. The molecule has 8 heteroatoms. The summed E-state index contributed by atoms with van der Waals surface area (Å²) in [6.45, 7) is 2.93. The molecule has 2 aliphatic rings. The molecule has 5 rings (SSSR count). The van der Waals surface area contributed by atoms with Crippen LogP contribution >= 0.6 is 12.2 Å². The van der Waals surface area contributed by atoms with Gasteiger partial charge in [-0.3, -0.25) is 0 Å². The summed E-state index contributed by atoms with van der Waals surface area (Å²) in [4.78, 5) is 13.1. The van der Waals surface area contributed by atoms with Gasteiger partial charge in [-0.1, -0.05) is 25.8 Å². The van der Waals surface area contributed by atoms with E-state index in [2.05, 4.69) is 17.6 Å². The van der Waals surface area contributed by atoms with E-state index < -0.39 is 11.6 Å². The van der Waals surface area contributed by atoms with Gasteiger partial charge in [-0.15, -0.1) is 0 Å². The number of carbonyl (C=O) groups is 1. The zero-order chi connectivity index (χ0) is 23.9. The number of nitrogens with one attached hydrogen (secondary N) is 2. The minimum Gasteiger partial charge on any atom is -0.508 e. The summed E-state index contributed by atoms with van der Waals surface area (Å²) in [5.74, 6) is 0.236. The number of unbranched alkanes of at least 4 members (excludes halogenated alkanes) is 2. The van der Waals surface area contributed by atoms with Crippen LogP contribution in [0.5, 0.6) is 23.0 Å². The molecule has 0 aliphatic carbocycles. The van der Waals surface area contributed by atoms with Gasteiger partial charge in [-0.25, -0.2) is 4.79 Å². The van der Waals surface area contributed by atoms with Crippen molar-refractivity contribution >= 4 is 29.0 Å². The minimum atomic E-state index is -1.27. The van der Waals surface area contributed by atoms with E-state index in [4.69, 9.17) is 21.7 Å². The maximum absolute atomic E-state index is 13.1. The Labute approximate surface area is 202 Å². The van der Waals surface area contributed by atoms with Crippen LogP contribution in [0.25, 0.3) is 0 Å². The van der Waals surface area contributed by atoms with Crippen LogP contribution in [0.15, 0.2) is 54.6 Å². The molecule has 0 radical (unpaired) electrons. The van der Waals surface area contributed by atoms with Crippen molar-refractivity contribution in [2.45, 2.75) is 31.8 Å². The highest BCUT2D eigenvalue weighted by molar-refractivity contribution is 7.80. The van der Waals surface area contributed by atoms with Gasteiger partial charge in [0.2, 0.25) is 0 Å². The molecule has 7 nitrogen and oxygen atoms in total. The predicted octanol–water partition coefficient (Wildman–Crippen LogP) is 5.14. The predicted molar refractivity (Wildman–Crippen MR) is 132 cm³/mol. The van der Waals surface area contributed by atoms with Gasteiger partial charge in [0.15, 0.2) is 10.7 Å². The molecule has 0 saturated heterocycles. The second-order valence-electron chi connectivity index (χ2n) is 8.38. The molecule has 2 heterocycles. The monoisotopic (exact) mass is 476 g/mol. The van der Waals surface area contributed by atoms with Gasteiger partial charge >= 0.3 is 5.97 Å². The Morgan fingerprint density at radius 2 is 1.59 bits per heavy atom. The number of aromatic hydroxyl groups is 2. The van der Waals surface area contributed by atoms with Crippen LogP contribution in [0.3, 0.4) is 0 Å². The van der Waals surface area contributed by atoms with E-state index in [0.29, 0.717) is 44.6 Å². The lowest BCUT2D eigenvalue weighted by molar-refractivity contribution is 0.0224. The highest BCUT2D eigenvalue weighted by atomic mass is 32.1. The number of thiocarbonyl (C=S) groups is 1. The Morgan fingerprint density at radius 1 is 0.941 bits per heavy atom. The van der Waals surface area contributed by atoms with Gasteiger partial charge < -0.3 is 30.3 Å². The van der Waals surface area contributed by atoms with E-state index in [-0.39, 0.29) is 11.5 Å². The largest absolute Gasteiger partial charge is 0.508 e.